The number of aryl methyl sites for hydroxylation is 2. The minimum absolute atomic E-state index is 0.0233. The van der Waals surface area contributed by atoms with Gasteiger partial charge in [-0.15, -0.1) is 11.8 Å². The Balaban J connectivity index is 1.60. The summed E-state index contributed by atoms with van der Waals surface area (Å²) in [6.45, 7) is 2.61. The molecule has 1 aliphatic rings. The first-order valence-corrected chi connectivity index (χ1v) is 10.2. The van der Waals surface area contributed by atoms with Crippen molar-refractivity contribution in [3.8, 4) is 0 Å². The quantitative estimate of drug-likeness (QED) is 0.542. The number of nitrogens with zero attached hydrogens (tertiary/aromatic N) is 2. The highest BCUT2D eigenvalue weighted by Gasteiger charge is 2.25. The van der Waals surface area contributed by atoms with Crippen LogP contribution < -0.4 is 4.90 Å². The van der Waals surface area contributed by atoms with Crippen molar-refractivity contribution in [3.05, 3.63) is 76.1 Å². The van der Waals surface area contributed by atoms with E-state index in [0.29, 0.717) is 22.9 Å². The number of benzene rings is 2. The van der Waals surface area contributed by atoms with Crippen molar-refractivity contribution in [2.24, 2.45) is 0 Å². The summed E-state index contributed by atoms with van der Waals surface area (Å²) in [7, 11) is 0. The van der Waals surface area contributed by atoms with Gasteiger partial charge >= 0.3 is 0 Å². The van der Waals surface area contributed by atoms with Gasteiger partial charge in [0.2, 0.25) is 0 Å². The molecule has 6 heteroatoms. The highest BCUT2D eigenvalue weighted by Crippen LogP contribution is 2.33. The first-order chi connectivity index (χ1) is 13.1. The fourth-order valence-corrected chi connectivity index (χ4v) is 4.44. The number of hydrogen-bond acceptors (Lipinski definition) is 4. The second kappa shape index (κ2) is 7.79. The van der Waals surface area contributed by atoms with E-state index in [1.807, 2.05) is 60.4 Å². The lowest BCUT2D eigenvalue weighted by Gasteiger charge is -2.30. The summed E-state index contributed by atoms with van der Waals surface area (Å²) in [6, 6.07) is 15.4. The lowest BCUT2D eigenvalue weighted by Crippen LogP contribution is -2.35. The molecular weight excluding hydrogens is 380 g/mol. The lowest BCUT2D eigenvalue weighted by atomic mass is 10.0. The van der Waals surface area contributed by atoms with Gasteiger partial charge in [-0.1, -0.05) is 28.9 Å². The molecule has 0 spiro atoms. The molecule has 0 aliphatic carbocycles. The van der Waals surface area contributed by atoms with E-state index >= 15 is 0 Å². The molecule has 0 saturated heterocycles. The lowest BCUT2D eigenvalue weighted by molar-refractivity contribution is 0.0982. The van der Waals surface area contributed by atoms with Gasteiger partial charge in [0.05, 0.1) is 17.0 Å². The smallest absolute Gasteiger partial charge is 0.259 e. The molecule has 1 amide bonds. The molecule has 0 bridgehead atoms. The third-order valence-corrected chi connectivity index (χ3v) is 5.90. The van der Waals surface area contributed by atoms with E-state index in [-0.39, 0.29) is 5.91 Å². The number of carbonyl (C=O) groups is 1. The van der Waals surface area contributed by atoms with Gasteiger partial charge in [-0.2, -0.15) is 0 Å². The number of thioether (sulfide) groups is 1. The standard InChI is InChI=1S/C21H19ClN2O2S/c1-14-11-17(26-23-14)13-27-20-7-3-2-6-18(20)21(25)24-10-4-5-15-12-16(22)8-9-19(15)24/h2-3,6-9,11-12H,4-5,10,13H2,1H3. The molecule has 3 aromatic rings. The summed E-state index contributed by atoms with van der Waals surface area (Å²) in [6.07, 6.45) is 1.88. The Kier molecular flexibility index (Phi) is 5.23. The number of halogens is 1. The fraction of sp³-hybridized carbons (Fsp3) is 0.238. The van der Waals surface area contributed by atoms with Crippen molar-refractivity contribution in [2.75, 3.05) is 11.4 Å². The van der Waals surface area contributed by atoms with E-state index in [2.05, 4.69) is 5.16 Å². The molecule has 0 saturated carbocycles. The van der Waals surface area contributed by atoms with Crippen LogP contribution in [0.25, 0.3) is 0 Å². The zero-order valence-electron chi connectivity index (χ0n) is 14.9. The zero-order chi connectivity index (χ0) is 18.8. The number of rotatable bonds is 4. The summed E-state index contributed by atoms with van der Waals surface area (Å²) in [5, 5.41) is 4.63. The maximum absolute atomic E-state index is 13.3. The molecule has 0 N–H and O–H groups in total. The summed E-state index contributed by atoms with van der Waals surface area (Å²) in [4.78, 5) is 16.1. The number of hydrogen-bond donors (Lipinski definition) is 0. The molecule has 0 unspecified atom stereocenters. The topological polar surface area (TPSA) is 46.3 Å². The van der Waals surface area contributed by atoms with Crippen molar-refractivity contribution in [1.29, 1.82) is 0 Å². The van der Waals surface area contributed by atoms with Crippen molar-refractivity contribution >= 4 is 35.0 Å². The van der Waals surface area contributed by atoms with Gasteiger partial charge in [0.25, 0.3) is 5.91 Å². The van der Waals surface area contributed by atoms with E-state index in [9.17, 15) is 4.79 Å². The van der Waals surface area contributed by atoms with Gasteiger partial charge in [-0.3, -0.25) is 4.79 Å². The molecule has 1 aliphatic heterocycles. The van der Waals surface area contributed by atoms with Gasteiger partial charge in [-0.05, 0) is 55.7 Å². The second-order valence-electron chi connectivity index (χ2n) is 6.55. The minimum atomic E-state index is 0.0233. The average molecular weight is 399 g/mol. The Hall–Kier alpha value is -2.24. The first kappa shape index (κ1) is 18.1. The normalized spacial score (nSPS) is 13.5. The molecular formula is C21H19ClN2O2S. The highest BCUT2D eigenvalue weighted by molar-refractivity contribution is 7.98. The van der Waals surface area contributed by atoms with Crippen molar-refractivity contribution < 1.29 is 9.32 Å². The van der Waals surface area contributed by atoms with Crippen LogP contribution in [0.15, 0.2) is 57.9 Å². The molecule has 27 heavy (non-hydrogen) atoms. The summed E-state index contributed by atoms with van der Waals surface area (Å²) >= 11 is 7.71. The fourth-order valence-electron chi connectivity index (χ4n) is 3.32. The van der Waals surface area contributed by atoms with Crippen LogP contribution in [0, 0.1) is 6.92 Å². The number of anilines is 1. The molecule has 0 atom stereocenters. The zero-order valence-corrected chi connectivity index (χ0v) is 16.5. The van der Waals surface area contributed by atoms with Gasteiger partial charge < -0.3 is 9.42 Å². The van der Waals surface area contributed by atoms with Crippen LogP contribution in [-0.2, 0) is 12.2 Å². The average Bonchev–Trinajstić information content (AvgIpc) is 3.10. The van der Waals surface area contributed by atoms with E-state index in [1.165, 1.54) is 0 Å². The van der Waals surface area contributed by atoms with Crippen LogP contribution in [-0.4, -0.2) is 17.6 Å². The Morgan fingerprint density at radius 1 is 1.26 bits per heavy atom. The van der Waals surface area contributed by atoms with Crippen molar-refractivity contribution in [1.82, 2.24) is 5.16 Å². The third kappa shape index (κ3) is 3.89. The van der Waals surface area contributed by atoms with Crippen LogP contribution in [0.5, 0.6) is 0 Å². The van der Waals surface area contributed by atoms with E-state index in [1.54, 1.807) is 11.8 Å². The molecule has 4 nitrogen and oxygen atoms in total. The number of aromatic nitrogens is 1. The first-order valence-electron chi connectivity index (χ1n) is 8.86. The maximum atomic E-state index is 13.3. The molecule has 0 radical (unpaired) electrons. The number of carbonyl (C=O) groups excluding carboxylic acids is 1. The minimum Gasteiger partial charge on any atom is -0.360 e. The second-order valence-corrected chi connectivity index (χ2v) is 8.01. The van der Waals surface area contributed by atoms with Crippen molar-refractivity contribution in [3.63, 3.8) is 0 Å². The summed E-state index contributed by atoms with van der Waals surface area (Å²) in [5.74, 6) is 1.46. The van der Waals surface area contributed by atoms with Gasteiger partial charge in [0.1, 0.15) is 5.76 Å². The Morgan fingerprint density at radius 3 is 2.93 bits per heavy atom. The van der Waals surface area contributed by atoms with Crippen LogP contribution in [0.4, 0.5) is 5.69 Å². The SMILES string of the molecule is Cc1cc(CSc2ccccc2C(=O)N2CCCc3cc(Cl)ccc32)on1. The molecule has 2 heterocycles. The predicted octanol–water partition coefficient (Wildman–Crippen LogP) is 5.52. The van der Waals surface area contributed by atoms with Crippen LogP contribution in [0.1, 0.15) is 33.8 Å². The third-order valence-electron chi connectivity index (χ3n) is 4.57. The van der Waals surface area contributed by atoms with E-state index < -0.39 is 0 Å². The van der Waals surface area contributed by atoms with Crippen LogP contribution in [0.2, 0.25) is 5.02 Å². The summed E-state index contributed by atoms with van der Waals surface area (Å²) in [5.41, 5.74) is 3.66. The largest absolute Gasteiger partial charge is 0.360 e. The van der Waals surface area contributed by atoms with E-state index in [4.69, 9.17) is 16.1 Å². The number of amides is 1. The van der Waals surface area contributed by atoms with Crippen LogP contribution in [0.3, 0.4) is 0 Å². The molecule has 1 aromatic heterocycles. The molecule has 138 valence electrons. The number of fused-ring (bicyclic) bond motifs is 1. The van der Waals surface area contributed by atoms with Crippen molar-refractivity contribution in [2.45, 2.75) is 30.4 Å². The Morgan fingerprint density at radius 2 is 2.11 bits per heavy atom. The monoisotopic (exact) mass is 398 g/mol. The molecule has 2 aromatic carbocycles. The van der Waals surface area contributed by atoms with Crippen LogP contribution >= 0.6 is 23.4 Å². The molecule has 4 rings (SSSR count). The maximum Gasteiger partial charge on any atom is 0.259 e. The Bertz CT molecular complexity index is 986. The van der Waals surface area contributed by atoms with Gasteiger partial charge in [-0.25, -0.2) is 0 Å². The molecule has 0 fully saturated rings. The predicted molar refractivity (Wildman–Crippen MR) is 109 cm³/mol. The summed E-state index contributed by atoms with van der Waals surface area (Å²) < 4.78 is 5.28. The highest BCUT2D eigenvalue weighted by atomic mass is 35.5. The Labute approximate surface area is 167 Å². The van der Waals surface area contributed by atoms with Gasteiger partial charge in [0.15, 0.2) is 0 Å². The van der Waals surface area contributed by atoms with E-state index in [0.717, 1.165) is 40.4 Å². The van der Waals surface area contributed by atoms with Gasteiger partial charge in [0, 0.05) is 28.2 Å².